The maximum Gasteiger partial charge on any atom is 0.272 e. The van der Waals surface area contributed by atoms with Crippen LogP contribution in [0.3, 0.4) is 0 Å². The highest BCUT2D eigenvalue weighted by molar-refractivity contribution is 5.92. The Labute approximate surface area is 140 Å². The molecule has 24 heavy (non-hydrogen) atoms. The molecule has 1 amide bonds. The zero-order chi connectivity index (χ0) is 16.8. The van der Waals surface area contributed by atoms with Crippen molar-refractivity contribution in [3.63, 3.8) is 0 Å². The molecule has 0 spiro atoms. The van der Waals surface area contributed by atoms with Gasteiger partial charge in [0.1, 0.15) is 0 Å². The molecule has 0 aliphatic rings. The van der Waals surface area contributed by atoms with Crippen molar-refractivity contribution < 1.29 is 4.79 Å². The number of aromatic nitrogens is 3. The van der Waals surface area contributed by atoms with E-state index in [1.165, 1.54) is 0 Å². The summed E-state index contributed by atoms with van der Waals surface area (Å²) in [4.78, 5) is 16.0. The number of amides is 1. The molecule has 6 nitrogen and oxygen atoms in total. The lowest BCUT2D eigenvalue weighted by Gasteiger charge is -2.08. The van der Waals surface area contributed by atoms with Gasteiger partial charge in [-0.1, -0.05) is 18.2 Å². The van der Waals surface area contributed by atoms with E-state index in [2.05, 4.69) is 25.8 Å². The third kappa shape index (κ3) is 3.92. The van der Waals surface area contributed by atoms with Gasteiger partial charge in [-0.3, -0.25) is 9.78 Å². The lowest BCUT2D eigenvalue weighted by atomic mass is 10.2. The average Bonchev–Trinajstić information content (AvgIpc) is 2.63. The van der Waals surface area contributed by atoms with Gasteiger partial charge >= 0.3 is 0 Å². The van der Waals surface area contributed by atoms with Crippen molar-refractivity contribution >= 4 is 17.4 Å². The Morgan fingerprint density at radius 1 is 1.00 bits per heavy atom. The second-order valence-electron chi connectivity index (χ2n) is 5.28. The molecule has 120 valence electrons. The van der Waals surface area contributed by atoms with Gasteiger partial charge < -0.3 is 10.6 Å². The molecule has 0 saturated heterocycles. The zero-order valence-electron chi connectivity index (χ0n) is 13.2. The van der Waals surface area contributed by atoms with Crippen LogP contribution in [0.1, 0.15) is 21.6 Å². The van der Waals surface area contributed by atoms with Crippen LogP contribution in [-0.2, 0) is 6.54 Å². The normalized spacial score (nSPS) is 10.2. The molecule has 0 aliphatic heterocycles. The van der Waals surface area contributed by atoms with E-state index in [0.717, 1.165) is 16.8 Å². The van der Waals surface area contributed by atoms with Gasteiger partial charge in [0.15, 0.2) is 11.5 Å². The number of carbonyl (C=O) groups excluding carboxylic acids is 1. The summed E-state index contributed by atoms with van der Waals surface area (Å²) >= 11 is 0. The van der Waals surface area contributed by atoms with Crippen molar-refractivity contribution in [2.75, 3.05) is 5.32 Å². The van der Waals surface area contributed by atoms with Gasteiger partial charge in [0.05, 0.1) is 0 Å². The predicted molar refractivity (Wildman–Crippen MR) is 91.9 cm³/mol. The molecular weight excluding hydrogens is 302 g/mol. The van der Waals surface area contributed by atoms with Gasteiger partial charge in [-0.05, 0) is 48.4 Å². The van der Waals surface area contributed by atoms with Gasteiger partial charge in [0, 0.05) is 24.6 Å². The van der Waals surface area contributed by atoms with Gasteiger partial charge in [0.25, 0.3) is 5.91 Å². The number of rotatable bonds is 5. The third-order valence-corrected chi connectivity index (χ3v) is 3.51. The van der Waals surface area contributed by atoms with Crippen LogP contribution in [0.4, 0.5) is 11.5 Å². The van der Waals surface area contributed by atoms with Crippen LogP contribution in [0.25, 0.3) is 0 Å². The fourth-order valence-electron chi connectivity index (χ4n) is 2.14. The number of hydrogen-bond donors (Lipinski definition) is 2. The van der Waals surface area contributed by atoms with Crippen LogP contribution in [0.5, 0.6) is 0 Å². The SMILES string of the molecule is Cc1ccccc1Nc1ccc(C(=O)NCc2ccncc2)nn1. The Bertz CT molecular complexity index is 818. The van der Waals surface area contributed by atoms with Gasteiger partial charge in [-0.2, -0.15) is 0 Å². The van der Waals surface area contributed by atoms with Crippen molar-refractivity contribution in [3.8, 4) is 0 Å². The molecule has 0 aliphatic carbocycles. The number of para-hydroxylation sites is 1. The fourth-order valence-corrected chi connectivity index (χ4v) is 2.14. The standard InChI is InChI=1S/C18H17N5O/c1-13-4-2-3-5-15(13)21-17-7-6-16(22-23-17)18(24)20-12-14-8-10-19-11-9-14/h2-11H,12H2,1H3,(H,20,24)(H,21,23). The maximum absolute atomic E-state index is 12.1. The van der Waals surface area contributed by atoms with Crippen LogP contribution in [0, 0.1) is 6.92 Å². The molecule has 6 heteroatoms. The zero-order valence-corrected chi connectivity index (χ0v) is 13.2. The molecule has 0 unspecified atom stereocenters. The smallest absolute Gasteiger partial charge is 0.272 e. The maximum atomic E-state index is 12.1. The minimum Gasteiger partial charge on any atom is -0.347 e. The molecule has 0 radical (unpaired) electrons. The first-order valence-electron chi connectivity index (χ1n) is 7.56. The number of pyridine rings is 1. The van der Waals surface area contributed by atoms with Crippen LogP contribution in [0.2, 0.25) is 0 Å². The molecule has 3 aromatic rings. The topological polar surface area (TPSA) is 79.8 Å². The second kappa shape index (κ2) is 7.32. The monoisotopic (exact) mass is 319 g/mol. The minimum atomic E-state index is -0.262. The summed E-state index contributed by atoms with van der Waals surface area (Å²) in [5, 5.41) is 14.0. The molecule has 0 fully saturated rings. The van der Waals surface area contributed by atoms with Crippen LogP contribution in [0.15, 0.2) is 60.9 Å². The first-order chi connectivity index (χ1) is 11.7. The number of aryl methyl sites for hydroxylation is 1. The van der Waals surface area contributed by atoms with E-state index >= 15 is 0 Å². The first kappa shape index (κ1) is 15.6. The molecule has 2 N–H and O–H groups in total. The van der Waals surface area contributed by atoms with E-state index in [4.69, 9.17) is 0 Å². The highest BCUT2D eigenvalue weighted by Crippen LogP contribution is 2.17. The molecule has 0 saturated carbocycles. The van der Waals surface area contributed by atoms with Crippen molar-refractivity contribution in [2.24, 2.45) is 0 Å². The van der Waals surface area contributed by atoms with Gasteiger partial charge in [-0.25, -0.2) is 0 Å². The summed E-state index contributed by atoms with van der Waals surface area (Å²) < 4.78 is 0. The van der Waals surface area contributed by atoms with Crippen molar-refractivity contribution in [2.45, 2.75) is 13.5 Å². The highest BCUT2D eigenvalue weighted by Gasteiger charge is 2.08. The molecule has 2 aromatic heterocycles. The summed E-state index contributed by atoms with van der Waals surface area (Å²) in [7, 11) is 0. The van der Waals surface area contributed by atoms with Crippen molar-refractivity contribution in [3.05, 3.63) is 77.7 Å². The van der Waals surface area contributed by atoms with E-state index in [0.29, 0.717) is 12.4 Å². The Balaban J connectivity index is 1.61. The molecule has 0 atom stereocenters. The predicted octanol–water partition coefficient (Wildman–Crippen LogP) is 2.85. The molecular formula is C18H17N5O. The number of hydrogen-bond acceptors (Lipinski definition) is 5. The van der Waals surface area contributed by atoms with E-state index < -0.39 is 0 Å². The summed E-state index contributed by atoms with van der Waals surface area (Å²) in [5.41, 5.74) is 3.32. The number of carbonyl (C=O) groups is 1. The summed E-state index contributed by atoms with van der Waals surface area (Å²) in [6.45, 7) is 2.43. The van der Waals surface area contributed by atoms with Gasteiger partial charge in [0.2, 0.25) is 0 Å². The Morgan fingerprint density at radius 3 is 2.50 bits per heavy atom. The molecule has 3 rings (SSSR count). The number of anilines is 2. The minimum absolute atomic E-state index is 0.262. The Kier molecular flexibility index (Phi) is 4.76. The molecule has 1 aromatic carbocycles. The third-order valence-electron chi connectivity index (χ3n) is 3.51. The van der Waals surface area contributed by atoms with E-state index in [-0.39, 0.29) is 11.6 Å². The molecule has 0 bridgehead atoms. The van der Waals surface area contributed by atoms with E-state index in [1.54, 1.807) is 24.5 Å². The molecule has 2 heterocycles. The van der Waals surface area contributed by atoms with Gasteiger partial charge in [-0.15, -0.1) is 10.2 Å². The van der Waals surface area contributed by atoms with Crippen LogP contribution in [-0.4, -0.2) is 21.1 Å². The Hall–Kier alpha value is -3.28. The first-order valence-corrected chi connectivity index (χ1v) is 7.56. The van der Waals surface area contributed by atoms with Crippen LogP contribution >= 0.6 is 0 Å². The lowest BCUT2D eigenvalue weighted by Crippen LogP contribution is -2.24. The number of nitrogens with zero attached hydrogens (tertiary/aromatic N) is 3. The van der Waals surface area contributed by atoms with E-state index in [1.807, 2.05) is 43.3 Å². The summed E-state index contributed by atoms with van der Waals surface area (Å²) in [6.07, 6.45) is 3.38. The quantitative estimate of drug-likeness (QED) is 0.756. The lowest BCUT2D eigenvalue weighted by molar-refractivity contribution is 0.0945. The fraction of sp³-hybridized carbons (Fsp3) is 0.111. The number of benzene rings is 1. The average molecular weight is 319 g/mol. The largest absolute Gasteiger partial charge is 0.347 e. The second-order valence-corrected chi connectivity index (χ2v) is 5.28. The highest BCUT2D eigenvalue weighted by atomic mass is 16.1. The summed E-state index contributed by atoms with van der Waals surface area (Å²) in [6, 6.07) is 15.0. The van der Waals surface area contributed by atoms with Crippen LogP contribution < -0.4 is 10.6 Å². The Morgan fingerprint density at radius 2 is 1.79 bits per heavy atom. The van der Waals surface area contributed by atoms with Crippen molar-refractivity contribution in [1.29, 1.82) is 0 Å². The number of nitrogens with one attached hydrogen (secondary N) is 2. The summed E-state index contributed by atoms with van der Waals surface area (Å²) in [5.74, 6) is 0.330. The van der Waals surface area contributed by atoms with E-state index in [9.17, 15) is 4.79 Å². The van der Waals surface area contributed by atoms with Crippen molar-refractivity contribution in [1.82, 2.24) is 20.5 Å².